The summed E-state index contributed by atoms with van der Waals surface area (Å²) < 4.78 is 5.28. The van der Waals surface area contributed by atoms with Gasteiger partial charge in [-0.05, 0) is 50.1 Å². The molecule has 0 aliphatic rings. The van der Waals surface area contributed by atoms with Crippen molar-refractivity contribution in [3.8, 4) is 5.75 Å². The summed E-state index contributed by atoms with van der Waals surface area (Å²) in [5, 5.41) is 3.51. The zero-order chi connectivity index (χ0) is 16.1. The Morgan fingerprint density at radius 1 is 1.23 bits per heavy atom. The molecule has 2 aromatic rings. The molecule has 0 radical (unpaired) electrons. The molecule has 116 valence electrons. The van der Waals surface area contributed by atoms with Gasteiger partial charge in [0.15, 0.2) is 0 Å². The van der Waals surface area contributed by atoms with Crippen molar-refractivity contribution < 1.29 is 9.53 Å². The number of thioether (sulfide) groups is 1. The fourth-order valence-electron chi connectivity index (χ4n) is 1.91. The Labute approximate surface area is 135 Å². The van der Waals surface area contributed by atoms with Gasteiger partial charge >= 0.3 is 0 Å². The average Bonchev–Trinajstić information content (AvgIpc) is 2.49. The molecule has 1 N–H and O–H groups in total. The molecule has 1 heterocycles. The monoisotopic (exact) mass is 316 g/mol. The van der Waals surface area contributed by atoms with Gasteiger partial charge in [0.05, 0.1) is 23.1 Å². The number of aryl methyl sites for hydroxylation is 2. The van der Waals surface area contributed by atoms with Crippen LogP contribution in [-0.2, 0) is 4.79 Å². The smallest absolute Gasteiger partial charge is 0.237 e. The van der Waals surface area contributed by atoms with Crippen LogP contribution in [-0.4, -0.2) is 23.3 Å². The van der Waals surface area contributed by atoms with E-state index in [9.17, 15) is 4.79 Å². The third-order valence-electron chi connectivity index (χ3n) is 3.16. The lowest BCUT2D eigenvalue weighted by atomic mass is 10.2. The van der Waals surface area contributed by atoms with E-state index in [1.54, 1.807) is 13.3 Å². The number of rotatable bonds is 5. The van der Waals surface area contributed by atoms with Crippen molar-refractivity contribution >= 4 is 23.4 Å². The summed E-state index contributed by atoms with van der Waals surface area (Å²) >= 11 is 1.43. The lowest BCUT2D eigenvalue weighted by Crippen LogP contribution is -2.22. The van der Waals surface area contributed by atoms with E-state index < -0.39 is 0 Å². The van der Waals surface area contributed by atoms with Crippen LogP contribution in [0.15, 0.2) is 41.6 Å². The summed E-state index contributed by atoms with van der Waals surface area (Å²) in [6.45, 7) is 5.83. The van der Waals surface area contributed by atoms with Crippen LogP contribution in [0.4, 0.5) is 5.69 Å². The highest BCUT2D eigenvalue weighted by Crippen LogP contribution is 2.27. The zero-order valence-corrected chi connectivity index (χ0v) is 14.0. The Bertz CT molecular complexity index is 656. The third-order valence-corrected chi connectivity index (χ3v) is 4.21. The molecule has 0 aliphatic carbocycles. The number of aromatic nitrogens is 1. The van der Waals surface area contributed by atoms with Gasteiger partial charge in [0, 0.05) is 6.20 Å². The van der Waals surface area contributed by atoms with Gasteiger partial charge in [-0.15, -0.1) is 0 Å². The number of hydrogen-bond donors (Lipinski definition) is 1. The van der Waals surface area contributed by atoms with E-state index >= 15 is 0 Å². The summed E-state index contributed by atoms with van der Waals surface area (Å²) in [5.41, 5.74) is 2.86. The number of carbonyl (C=O) groups excluding carboxylic acids is 1. The molecule has 22 heavy (non-hydrogen) atoms. The molecule has 0 saturated carbocycles. The largest absolute Gasteiger partial charge is 0.495 e. The molecule has 4 nitrogen and oxygen atoms in total. The lowest BCUT2D eigenvalue weighted by molar-refractivity contribution is -0.115. The molecular formula is C17H20N2O2S. The van der Waals surface area contributed by atoms with E-state index in [1.807, 2.05) is 51.1 Å². The SMILES string of the molecule is COc1ccc(C)cc1NC(=O)C(C)Sc1ccc(C)cn1. The molecule has 2 rings (SSSR count). The van der Waals surface area contributed by atoms with E-state index in [-0.39, 0.29) is 11.2 Å². The quantitative estimate of drug-likeness (QED) is 0.852. The fourth-order valence-corrected chi connectivity index (χ4v) is 2.70. The molecule has 1 unspecified atom stereocenters. The first-order valence-corrected chi connectivity index (χ1v) is 7.92. The van der Waals surface area contributed by atoms with Gasteiger partial charge in [0.25, 0.3) is 0 Å². The molecule has 0 aliphatic heterocycles. The Kier molecular flexibility index (Phi) is 5.44. The van der Waals surface area contributed by atoms with Gasteiger partial charge in [-0.2, -0.15) is 0 Å². The second-order valence-electron chi connectivity index (χ2n) is 5.13. The molecule has 5 heteroatoms. The molecular weight excluding hydrogens is 296 g/mol. The summed E-state index contributed by atoms with van der Waals surface area (Å²) in [6, 6.07) is 9.62. The zero-order valence-electron chi connectivity index (χ0n) is 13.2. The second kappa shape index (κ2) is 7.31. The summed E-state index contributed by atoms with van der Waals surface area (Å²) in [4.78, 5) is 16.7. The van der Waals surface area contributed by atoms with Crippen LogP contribution in [0.2, 0.25) is 0 Å². The number of benzene rings is 1. The molecule has 0 fully saturated rings. The number of pyridine rings is 1. The van der Waals surface area contributed by atoms with Crippen molar-refractivity contribution in [2.45, 2.75) is 31.0 Å². The Hall–Kier alpha value is -2.01. The normalized spacial score (nSPS) is 11.8. The number of nitrogens with zero attached hydrogens (tertiary/aromatic N) is 1. The summed E-state index contributed by atoms with van der Waals surface area (Å²) in [6.07, 6.45) is 1.80. The van der Waals surface area contributed by atoms with Crippen LogP contribution in [0.1, 0.15) is 18.1 Å². The second-order valence-corrected chi connectivity index (χ2v) is 6.49. The number of ether oxygens (including phenoxy) is 1. The van der Waals surface area contributed by atoms with E-state index in [0.717, 1.165) is 16.2 Å². The number of carbonyl (C=O) groups is 1. The van der Waals surface area contributed by atoms with Gasteiger partial charge in [0.1, 0.15) is 5.75 Å². The Morgan fingerprint density at radius 2 is 1.95 bits per heavy atom. The number of amides is 1. The van der Waals surface area contributed by atoms with E-state index in [0.29, 0.717) is 11.4 Å². The topological polar surface area (TPSA) is 51.2 Å². The Morgan fingerprint density at radius 3 is 2.59 bits per heavy atom. The molecule has 0 saturated heterocycles. The number of anilines is 1. The van der Waals surface area contributed by atoms with Gasteiger partial charge in [-0.25, -0.2) is 4.98 Å². The van der Waals surface area contributed by atoms with E-state index in [1.165, 1.54) is 11.8 Å². The van der Waals surface area contributed by atoms with Crippen molar-refractivity contribution in [3.05, 3.63) is 47.7 Å². The molecule has 1 amide bonds. The number of methoxy groups -OCH3 is 1. The van der Waals surface area contributed by atoms with Crippen LogP contribution >= 0.6 is 11.8 Å². The number of nitrogens with one attached hydrogen (secondary N) is 1. The predicted octanol–water partition coefficient (Wildman–Crippen LogP) is 3.83. The first-order chi connectivity index (χ1) is 10.5. The minimum Gasteiger partial charge on any atom is -0.495 e. The van der Waals surface area contributed by atoms with Gasteiger partial charge in [-0.3, -0.25) is 4.79 Å². The van der Waals surface area contributed by atoms with Gasteiger partial charge < -0.3 is 10.1 Å². The highest BCUT2D eigenvalue weighted by Gasteiger charge is 2.17. The van der Waals surface area contributed by atoms with Crippen LogP contribution in [0.25, 0.3) is 0 Å². The average molecular weight is 316 g/mol. The summed E-state index contributed by atoms with van der Waals surface area (Å²) in [7, 11) is 1.59. The van der Waals surface area contributed by atoms with Crippen molar-refractivity contribution in [3.63, 3.8) is 0 Å². The van der Waals surface area contributed by atoms with Crippen LogP contribution in [0.3, 0.4) is 0 Å². The van der Waals surface area contributed by atoms with Gasteiger partial charge in [-0.1, -0.05) is 23.9 Å². The third kappa shape index (κ3) is 4.24. The maximum Gasteiger partial charge on any atom is 0.237 e. The highest BCUT2D eigenvalue weighted by atomic mass is 32.2. The summed E-state index contributed by atoms with van der Waals surface area (Å²) in [5.74, 6) is 0.584. The fraction of sp³-hybridized carbons (Fsp3) is 0.294. The van der Waals surface area contributed by atoms with Crippen LogP contribution in [0.5, 0.6) is 5.75 Å². The van der Waals surface area contributed by atoms with Crippen molar-refractivity contribution in [1.82, 2.24) is 4.98 Å². The molecule has 1 aromatic carbocycles. The van der Waals surface area contributed by atoms with Crippen molar-refractivity contribution in [2.24, 2.45) is 0 Å². The standard InChI is InChI=1S/C17H20N2O2S/c1-11-5-7-15(21-4)14(9-11)19-17(20)13(3)22-16-8-6-12(2)10-18-16/h5-10,13H,1-4H3,(H,19,20). The van der Waals surface area contributed by atoms with Crippen molar-refractivity contribution in [2.75, 3.05) is 12.4 Å². The van der Waals surface area contributed by atoms with E-state index in [4.69, 9.17) is 4.74 Å². The van der Waals surface area contributed by atoms with Crippen molar-refractivity contribution in [1.29, 1.82) is 0 Å². The molecule has 0 bridgehead atoms. The Balaban J connectivity index is 2.05. The first kappa shape index (κ1) is 16.4. The maximum absolute atomic E-state index is 12.3. The highest BCUT2D eigenvalue weighted by molar-refractivity contribution is 8.00. The maximum atomic E-state index is 12.3. The molecule has 1 atom stereocenters. The first-order valence-electron chi connectivity index (χ1n) is 7.04. The van der Waals surface area contributed by atoms with E-state index in [2.05, 4.69) is 10.3 Å². The molecule has 1 aromatic heterocycles. The lowest BCUT2D eigenvalue weighted by Gasteiger charge is -2.14. The minimum absolute atomic E-state index is 0.0729. The van der Waals surface area contributed by atoms with Gasteiger partial charge in [0.2, 0.25) is 5.91 Å². The predicted molar refractivity (Wildman–Crippen MR) is 90.7 cm³/mol. The van der Waals surface area contributed by atoms with Crippen LogP contribution < -0.4 is 10.1 Å². The minimum atomic E-state index is -0.250. The number of hydrogen-bond acceptors (Lipinski definition) is 4. The van der Waals surface area contributed by atoms with Crippen LogP contribution in [0, 0.1) is 13.8 Å². The molecule has 0 spiro atoms.